The number of aryl methyl sites for hydroxylation is 2. The molecule has 0 aliphatic carbocycles. The molecule has 0 fully saturated rings. The number of benzene rings is 3. The first-order valence-electron chi connectivity index (χ1n) is 9.81. The summed E-state index contributed by atoms with van der Waals surface area (Å²) in [5.41, 5.74) is 4.26. The van der Waals surface area contributed by atoms with Crippen molar-refractivity contribution in [1.29, 1.82) is 0 Å². The average Bonchev–Trinajstić information content (AvgIpc) is 3.20. The normalized spacial score (nSPS) is 12.1. The average molecular weight is 418 g/mol. The van der Waals surface area contributed by atoms with Gasteiger partial charge < -0.3 is 9.73 Å². The topological polar surface area (TPSA) is 68.0 Å². The molecule has 1 amide bonds. The summed E-state index contributed by atoms with van der Waals surface area (Å²) in [6, 6.07) is 20.3. The minimum atomic E-state index is -0.0993. The first-order valence-corrected chi connectivity index (χ1v) is 10.8. The van der Waals surface area contributed by atoms with Crippen LogP contribution in [-0.4, -0.2) is 21.9 Å². The largest absolute Gasteiger partial charge is 0.411 e. The van der Waals surface area contributed by atoms with Crippen LogP contribution in [0.25, 0.3) is 22.2 Å². The number of fused-ring (bicyclic) bond motifs is 1. The van der Waals surface area contributed by atoms with Gasteiger partial charge in [-0.1, -0.05) is 71.4 Å². The van der Waals surface area contributed by atoms with Gasteiger partial charge in [-0.2, -0.15) is 0 Å². The molecule has 0 aliphatic rings. The number of nitrogens with zero attached hydrogens (tertiary/aromatic N) is 2. The molecule has 5 nitrogen and oxygen atoms in total. The molecule has 1 atom stereocenters. The highest BCUT2D eigenvalue weighted by Gasteiger charge is 2.15. The summed E-state index contributed by atoms with van der Waals surface area (Å²) in [7, 11) is 0. The smallest absolute Gasteiger partial charge is 0.277 e. The summed E-state index contributed by atoms with van der Waals surface area (Å²) in [6.45, 7) is 6.06. The van der Waals surface area contributed by atoms with Gasteiger partial charge in [-0.05, 0) is 49.2 Å². The summed E-state index contributed by atoms with van der Waals surface area (Å²) < 4.78 is 5.74. The van der Waals surface area contributed by atoms with E-state index in [9.17, 15) is 4.79 Å². The number of aromatic nitrogens is 2. The lowest BCUT2D eigenvalue weighted by Gasteiger charge is -2.16. The fourth-order valence-electron chi connectivity index (χ4n) is 3.60. The van der Waals surface area contributed by atoms with Gasteiger partial charge in [-0.15, -0.1) is 10.2 Å². The molecular weight excluding hydrogens is 394 g/mol. The molecular formula is C24H23N3O2S. The molecule has 152 valence electrons. The lowest BCUT2D eigenvalue weighted by atomic mass is 10.00. The molecule has 0 unspecified atom stereocenters. The molecule has 1 heterocycles. The number of hydrogen-bond donors (Lipinski definition) is 1. The molecule has 4 aromatic rings. The van der Waals surface area contributed by atoms with Crippen LogP contribution in [0.1, 0.15) is 29.7 Å². The summed E-state index contributed by atoms with van der Waals surface area (Å²) in [5.74, 6) is 0.601. The summed E-state index contributed by atoms with van der Waals surface area (Å²) >= 11 is 1.24. The number of carbonyl (C=O) groups excluding carboxylic acids is 1. The zero-order valence-electron chi connectivity index (χ0n) is 17.2. The van der Waals surface area contributed by atoms with Crippen molar-refractivity contribution in [2.24, 2.45) is 0 Å². The van der Waals surface area contributed by atoms with Crippen molar-refractivity contribution in [3.8, 4) is 11.5 Å². The number of thioether (sulfide) groups is 1. The van der Waals surface area contributed by atoms with Gasteiger partial charge in [0.05, 0.1) is 11.8 Å². The van der Waals surface area contributed by atoms with Gasteiger partial charge in [-0.25, -0.2) is 0 Å². The van der Waals surface area contributed by atoms with Crippen molar-refractivity contribution >= 4 is 28.4 Å². The molecule has 30 heavy (non-hydrogen) atoms. The molecule has 0 saturated heterocycles. The van der Waals surface area contributed by atoms with Gasteiger partial charge in [0.2, 0.25) is 11.8 Å². The molecule has 0 spiro atoms. The van der Waals surface area contributed by atoms with E-state index < -0.39 is 0 Å². The number of hydrogen-bond acceptors (Lipinski definition) is 5. The Morgan fingerprint density at radius 1 is 1.03 bits per heavy atom. The maximum atomic E-state index is 12.5. The number of rotatable bonds is 6. The van der Waals surface area contributed by atoms with E-state index in [1.165, 1.54) is 11.8 Å². The van der Waals surface area contributed by atoms with E-state index in [-0.39, 0.29) is 17.7 Å². The minimum Gasteiger partial charge on any atom is -0.411 e. The summed E-state index contributed by atoms with van der Waals surface area (Å²) in [5, 5.41) is 13.9. The van der Waals surface area contributed by atoms with Crippen LogP contribution >= 0.6 is 11.8 Å². The van der Waals surface area contributed by atoms with Gasteiger partial charge in [0.25, 0.3) is 5.22 Å². The maximum absolute atomic E-state index is 12.5. The second-order valence-corrected chi connectivity index (χ2v) is 8.32. The van der Waals surface area contributed by atoms with E-state index in [1.54, 1.807) is 0 Å². The zero-order chi connectivity index (χ0) is 21.1. The van der Waals surface area contributed by atoms with Crippen LogP contribution < -0.4 is 5.32 Å². The van der Waals surface area contributed by atoms with E-state index >= 15 is 0 Å². The van der Waals surface area contributed by atoms with Crippen LogP contribution in [0.4, 0.5) is 0 Å². The third-order valence-corrected chi connectivity index (χ3v) is 5.69. The predicted octanol–water partition coefficient (Wildman–Crippen LogP) is 5.48. The lowest BCUT2D eigenvalue weighted by molar-refractivity contribution is -0.119. The molecule has 4 rings (SSSR count). The van der Waals surface area contributed by atoms with Crippen LogP contribution in [0.2, 0.25) is 0 Å². The van der Waals surface area contributed by atoms with Crippen molar-refractivity contribution < 1.29 is 9.21 Å². The Balaban J connectivity index is 1.39. The first kappa shape index (κ1) is 20.2. The molecule has 1 N–H and O–H groups in total. The van der Waals surface area contributed by atoms with E-state index in [4.69, 9.17) is 4.42 Å². The standard InChI is InChI=1S/C24H23N3O2S/c1-15-11-16(2)13-19(12-15)23-26-27-24(29-23)30-14-22(28)25-17(3)20-10-6-8-18-7-4-5-9-21(18)20/h4-13,17H,14H2,1-3H3,(H,25,28)/t17-/m0/s1. The van der Waals surface area contributed by atoms with Crippen molar-refractivity contribution in [1.82, 2.24) is 15.5 Å². The van der Waals surface area contributed by atoms with Crippen LogP contribution in [0, 0.1) is 13.8 Å². The minimum absolute atomic E-state index is 0.0772. The Bertz CT molecular complexity index is 1180. The van der Waals surface area contributed by atoms with Crippen LogP contribution in [0.3, 0.4) is 0 Å². The summed E-state index contributed by atoms with van der Waals surface area (Å²) in [6.07, 6.45) is 0. The highest BCUT2D eigenvalue weighted by atomic mass is 32.2. The molecule has 0 saturated carbocycles. The second kappa shape index (κ2) is 8.71. The molecule has 6 heteroatoms. The first-order chi connectivity index (χ1) is 14.5. The third-order valence-electron chi connectivity index (χ3n) is 4.87. The van der Waals surface area contributed by atoms with Gasteiger partial charge in [0.15, 0.2) is 0 Å². The Labute approximate surface area is 179 Å². The van der Waals surface area contributed by atoms with Crippen LogP contribution in [0.5, 0.6) is 0 Å². The Kier molecular flexibility index (Phi) is 5.86. The molecule has 0 aliphatic heterocycles. The van der Waals surface area contributed by atoms with Gasteiger partial charge in [0.1, 0.15) is 0 Å². The van der Waals surface area contributed by atoms with E-state index in [1.807, 2.05) is 51.1 Å². The van der Waals surface area contributed by atoms with Crippen molar-refractivity contribution in [2.45, 2.75) is 32.0 Å². The summed E-state index contributed by atoms with van der Waals surface area (Å²) in [4.78, 5) is 12.5. The lowest BCUT2D eigenvalue weighted by Crippen LogP contribution is -2.28. The van der Waals surface area contributed by atoms with Crippen LogP contribution in [0.15, 0.2) is 70.3 Å². The SMILES string of the molecule is Cc1cc(C)cc(-c2nnc(SCC(=O)N[C@@H](C)c3cccc4ccccc34)o2)c1. The van der Waals surface area contributed by atoms with Crippen molar-refractivity contribution in [2.75, 3.05) is 5.75 Å². The molecule has 0 radical (unpaired) electrons. The Morgan fingerprint density at radius 2 is 1.77 bits per heavy atom. The maximum Gasteiger partial charge on any atom is 0.277 e. The molecule has 3 aromatic carbocycles. The number of amides is 1. The second-order valence-electron chi connectivity index (χ2n) is 7.40. The fraction of sp³-hybridized carbons (Fsp3) is 0.208. The predicted molar refractivity (Wildman–Crippen MR) is 120 cm³/mol. The zero-order valence-corrected chi connectivity index (χ0v) is 18.0. The van der Waals surface area contributed by atoms with E-state index in [0.717, 1.165) is 33.0 Å². The van der Waals surface area contributed by atoms with Gasteiger partial charge in [-0.3, -0.25) is 4.79 Å². The Morgan fingerprint density at radius 3 is 2.57 bits per heavy atom. The number of nitrogens with one attached hydrogen (secondary N) is 1. The van der Waals surface area contributed by atoms with Gasteiger partial charge in [0, 0.05) is 5.56 Å². The quantitative estimate of drug-likeness (QED) is 0.421. The highest BCUT2D eigenvalue weighted by Crippen LogP contribution is 2.26. The van der Waals surface area contributed by atoms with E-state index in [2.05, 4.69) is 45.8 Å². The van der Waals surface area contributed by atoms with Crippen molar-refractivity contribution in [3.05, 3.63) is 77.4 Å². The number of carbonyl (C=O) groups is 1. The fourth-order valence-corrected chi connectivity index (χ4v) is 4.17. The van der Waals surface area contributed by atoms with Crippen LogP contribution in [-0.2, 0) is 4.79 Å². The monoisotopic (exact) mass is 417 g/mol. The Hall–Kier alpha value is -3.12. The van der Waals surface area contributed by atoms with Crippen molar-refractivity contribution in [3.63, 3.8) is 0 Å². The third kappa shape index (κ3) is 4.54. The van der Waals surface area contributed by atoms with E-state index in [0.29, 0.717) is 11.1 Å². The van der Waals surface area contributed by atoms with Gasteiger partial charge >= 0.3 is 0 Å². The molecule has 0 bridgehead atoms. The molecule has 1 aromatic heterocycles. The highest BCUT2D eigenvalue weighted by molar-refractivity contribution is 7.99.